The van der Waals surface area contributed by atoms with Crippen molar-refractivity contribution >= 4 is 48.7 Å². The molecular formula is C22H26N6O5S2. The second kappa shape index (κ2) is 8.90. The molecule has 1 aliphatic heterocycles. The van der Waals surface area contributed by atoms with Gasteiger partial charge in [0.1, 0.15) is 11.5 Å². The number of sulfonamides is 1. The Morgan fingerprint density at radius 2 is 1.66 bits per heavy atom. The predicted molar refractivity (Wildman–Crippen MR) is 133 cm³/mol. The molecule has 1 amide bonds. The first kappa shape index (κ1) is 23.7. The average Bonchev–Trinajstić information content (AvgIpc) is 3.56. The molecule has 2 fully saturated rings. The van der Waals surface area contributed by atoms with Gasteiger partial charge in [0.05, 0.1) is 6.26 Å². The summed E-state index contributed by atoms with van der Waals surface area (Å²) in [5.41, 5.74) is 2.73. The van der Waals surface area contributed by atoms with Gasteiger partial charge in [-0.1, -0.05) is 12.1 Å². The summed E-state index contributed by atoms with van der Waals surface area (Å²) in [5, 5.41) is 3.76. The fraction of sp³-hybridized carbons (Fsp3) is 0.364. The maximum Gasteiger partial charge on any atom is 0.301 e. The lowest BCUT2D eigenvalue weighted by molar-refractivity contribution is -0.117. The van der Waals surface area contributed by atoms with E-state index >= 15 is 0 Å². The van der Waals surface area contributed by atoms with Crippen molar-refractivity contribution in [3.05, 3.63) is 42.6 Å². The number of anilines is 2. The zero-order valence-corrected chi connectivity index (χ0v) is 20.7. The van der Waals surface area contributed by atoms with E-state index in [1.807, 2.05) is 12.1 Å². The van der Waals surface area contributed by atoms with E-state index < -0.39 is 20.2 Å². The molecule has 0 spiro atoms. The van der Waals surface area contributed by atoms with Crippen LogP contribution in [0.3, 0.4) is 0 Å². The number of hydrogen-bond acceptors (Lipinski definition) is 6. The largest absolute Gasteiger partial charge is 0.346 e. The van der Waals surface area contributed by atoms with Gasteiger partial charge < -0.3 is 10.3 Å². The van der Waals surface area contributed by atoms with Gasteiger partial charge in [-0.25, -0.2) is 13.4 Å². The van der Waals surface area contributed by atoms with E-state index in [0.29, 0.717) is 17.2 Å². The lowest BCUT2D eigenvalue weighted by atomic mass is 10.0. The highest BCUT2D eigenvalue weighted by Crippen LogP contribution is 2.33. The van der Waals surface area contributed by atoms with Crippen molar-refractivity contribution in [1.29, 1.82) is 0 Å². The molecule has 0 bridgehead atoms. The van der Waals surface area contributed by atoms with Gasteiger partial charge in [-0.05, 0) is 48.2 Å². The third-order valence-electron chi connectivity index (χ3n) is 6.18. The monoisotopic (exact) mass is 518 g/mol. The van der Waals surface area contributed by atoms with Gasteiger partial charge in [0.25, 0.3) is 0 Å². The third-order valence-corrected chi connectivity index (χ3v) is 9.02. The van der Waals surface area contributed by atoms with E-state index in [9.17, 15) is 21.6 Å². The van der Waals surface area contributed by atoms with E-state index in [0.717, 1.165) is 35.6 Å². The summed E-state index contributed by atoms with van der Waals surface area (Å²) in [6, 6.07) is 10.7. The van der Waals surface area contributed by atoms with Crippen LogP contribution in [0, 0.1) is 5.92 Å². The van der Waals surface area contributed by atoms with Crippen LogP contribution in [-0.2, 0) is 25.0 Å². The van der Waals surface area contributed by atoms with Gasteiger partial charge in [-0.15, -0.1) is 0 Å². The lowest BCUT2D eigenvalue weighted by Gasteiger charge is -2.32. The van der Waals surface area contributed by atoms with Crippen molar-refractivity contribution < 1.29 is 21.6 Å². The maximum atomic E-state index is 12.8. The molecule has 11 nitrogen and oxygen atoms in total. The first-order chi connectivity index (χ1) is 16.6. The van der Waals surface area contributed by atoms with Gasteiger partial charge in [0.2, 0.25) is 15.9 Å². The minimum absolute atomic E-state index is 0.0310. The Morgan fingerprint density at radius 1 is 1.00 bits per heavy atom. The summed E-state index contributed by atoms with van der Waals surface area (Å²) in [6.45, 7) is 0.399. The number of nitrogens with zero attached hydrogens (tertiary/aromatic N) is 3. The number of benzene rings is 1. The molecule has 35 heavy (non-hydrogen) atoms. The number of carbonyl (C=O) groups is 1. The zero-order valence-electron chi connectivity index (χ0n) is 19.1. The van der Waals surface area contributed by atoms with E-state index in [1.54, 1.807) is 30.5 Å². The van der Waals surface area contributed by atoms with Crippen molar-refractivity contribution in [1.82, 2.24) is 18.6 Å². The van der Waals surface area contributed by atoms with Gasteiger partial charge in [-0.2, -0.15) is 17.0 Å². The fourth-order valence-electron chi connectivity index (χ4n) is 4.09. The molecular weight excluding hydrogens is 492 g/mol. The Balaban J connectivity index is 1.33. The molecule has 3 aromatic rings. The summed E-state index contributed by atoms with van der Waals surface area (Å²) in [4.78, 5) is 19.8. The second-order valence-electron chi connectivity index (χ2n) is 8.80. The van der Waals surface area contributed by atoms with E-state index in [1.165, 1.54) is 8.61 Å². The van der Waals surface area contributed by atoms with E-state index in [-0.39, 0.29) is 38.0 Å². The van der Waals surface area contributed by atoms with Gasteiger partial charge in [0.15, 0.2) is 0 Å². The van der Waals surface area contributed by atoms with Crippen LogP contribution in [0.25, 0.3) is 22.2 Å². The molecule has 0 unspecified atom stereocenters. The fourth-order valence-corrected chi connectivity index (χ4v) is 6.12. The summed E-state index contributed by atoms with van der Waals surface area (Å²) in [5.74, 6) is 0.489. The molecule has 5 rings (SSSR count). The Hall–Kier alpha value is -3.00. The summed E-state index contributed by atoms with van der Waals surface area (Å²) in [6.07, 6.45) is 4.69. The number of carbonyl (C=O) groups excluding carboxylic acids is 1. The van der Waals surface area contributed by atoms with Crippen molar-refractivity contribution in [3.63, 3.8) is 0 Å². The molecule has 1 aliphatic carbocycles. The lowest BCUT2D eigenvalue weighted by Crippen LogP contribution is -2.51. The second-order valence-corrected chi connectivity index (χ2v) is 12.5. The number of nitrogens with one attached hydrogen (secondary N) is 3. The Labute approximate surface area is 203 Å². The quantitative estimate of drug-likeness (QED) is 0.435. The van der Waals surface area contributed by atoms with Gasteiger partial charge in [-0.3, -0.25) is 9.52 Å². The maximum absolute atomic E-state index is 12.8. The van der Waals surface area contributed by atoms with Crippen LogP contribution in [0.1, 0.15) is 12.8 Å². The standard InChI is InChI=1S/C22H26N6O5S2/c1-34(30,31)27-10-12-28(13-11-27)35(32,33)26-17-6-4-15(5-7-17)19-14-20(25-22(29)16-2-3-16)24-21-18(19)8-9-23-21/h4-9,14,16,26H,2-3,10-13H2,1H3,(H2,23,24,25,29). The molecule has 13 heteroatoms. The molecule has 3 heterocycles. The van der Waals surface area contributed by atoms with Crippen molar-refractivity contribution in [2.45, 2.75) is 12.8 Å². The molecule has 0 atom stereocenters. The SMILES string of the molecule is CS(=O)(=O)N1CCN(S(=O)(=O)Nc2ccc(-c3cc(NC(=O)C4CC4)nc4[nH]ccc34)cc2)CC1. The number of rotatable bonds is 7. The molecule has 1 saturated carbocycles. The van der Waals surface area contributed by atoms with Crippen LogP contribution in [-0.4, -0.2) is 73.8 Å². The number of hydrogen-bond donors (Lipinski definition) is 3. The zero-order chi connectivity index (χ0) is 24.8. The highest BCUT2D eigenvalue weighted by atomic mass is 32.2. The van der Waals surface area contributed by atoms with Gasteiger partial charge >= 0.3 is 10.2 Å². The Morgan fingerprint density at radius 3 is 2.29 bits per heavy atom. The van der Waals surface area contributed by atoms with Gasteiger partial charge in [0, 0.05) is 49.4 Å². The highest BCUT2D eigenvalue weighted by Gasteiger charge is 2.31. The molecule has 1 saturated heterocycles. The Kier molecular flexibility index (Phi) is 6.03. The average molecular weight is 519 g/mol. The normalized spacial score (nSPS) is 18.0. The molecule has 0 radical (unpaired) electrons. The minimum Gasteiger partial charge on any atom is -0.346 e. The third kappa shape index (κ3) is 5.17. The van der Waals surface area contributed by atoms with Crippen LogP contribution in [0.5, 0.6) is 0 Å². The summed E-state index contributed by atoms with van der Waals surface area (Å²) < 4.78 is 54.0. The first-order valence-electron chi connectivity index (χ1n) is 11.2. The number of pyridine rings is 1. The topological polar surface area (TPSA) is 145 Å². The van der Waals surface area contributed by atoms with E-state index in [4.69, 9.17) is 0 Å². The molecule has 186 valence electrons. The number of aromatic amines is 1. The molecule has 2 aromatic heterocycles. The van der Waals surface area contributed by atoms with Crippen molar-refractivity contribution in [3.8, 4) is 11.1 Å². The summed E-state index contributed by atoms with van der Waals surface area (Å²) >= 11 is 0. The van der Waals surface area contributed by atoms with Crippen molar-refractivity contribution in [2.24, 2.45) is 5.92 Å². The summed E-state index contributed by atoms with van der Waals surface area (Å²) in [7, 11) is -7.18. The molecule has 1 aromatic carbocycles. The van der Waals surface area contributed by atoms with Crippen LogP contribution >= 0.6 is 0 Å². The number of amides is 1. The Bertz CT molecular complexity index is 1470. The smallest absolute Gasteiger partial charge is 0.301 e. The van der Waals surface area contributed by atoms with Crippen LogP contribution < -0.4 is 10.0 Å². The van der Waals surface area contributed by atoms with Crippen LogP contribution in [0.2, 0.25) is 0 Å². The minimum atomic E-state index is -3.83. The van der Waals surface area contributed by atoms with Crippen LogP contribution in [0.4, 0.5) is 11.5 Å². The van der Waals surface area contributed by atoms with Crippen molar-refractivity contribution in [2.75, 3.05) is 42.5 Å². The highest BCUT2D eigenvalue weighted by molar-refractivity contribution is 7.90. The molecule has 3 N–H and O–H groups in total. The number of piperazine rings is 1. The van der Waals surface area contributed by atoms with E-state index in [2.05, 4.69) is 20.0 Å². The molecule has 2 aliphatic rings. The van der Waals surface area contributed by atoms with Crippen LogP contribution in [0.15, 0.2) is 42.6 Å². The number of aromatic nitrogens is 2. The predicted octanol–water partition coefficient (Wildman–Crippen LogP) is 1.81. The number of H-pyrrole nitrogens is 1. The first-order valence-corrected chi connectivity index (χ1v) is 14.5. The number of fused-ring (bicyclic) bond motifs is 1.